The molecule has 3 rings (SSSR count). The number of nitriles is 1. The Labute approximate surface area is 185 Å². The molecular weight excluding hydrogens is 409 g/mol. The van der Waals surface area contributed by atoms with Crippen molar-refractivity contribution in [1.29, 1.82) is 5.26 Å². The third-order valence-corrected chi connectivity index (χ3v) is 4.94. The highest BCUT2D eigenvalue weighted by Crippen LogP contribution is 2.31. The van der Waals surface area contributed by atoms with Gasteiger partial charge in [-0.25, -0.2) is 9.37 Å². The van der Waals surface area contributed by atoms with E-state index in [1.165, 1.54) is 24.5 Å². The first kappa shape index (κ1) is 22.5. The van der Waals surface area contributed by atoms with Crippen molar-refractivity contribution >= 4 is 17.2 Å². The van der Waals surface area contributed by atoms with E-state index in [1.807, 2.05) is 13.0 Å². The molecule has 0 radical (unpaired) electrons. The zero-order valence-corrected chi connectivity index (χ0v) is 17.8. The van der Waals surface area contributed by atoms with E-state index in [9.17, 15) is 9.65 Å². The lowest BCUT2D eigenvalue weighted by molar-refractivity contribution is 0.227. The predicted molar refractivity (Wildman–Crippen MR) is 123 cm³/mol. The lowest BCUT2D eigenvalue weighted by Crippen LogP contribution is -2.18. The van der Waals surface area contributed by atoms with Gasteiger partial charge in [-0.15, -0.1) is 0 Å². The summed E-state index contributed by atoms with van der Waals surface area (Å²) >= 11 is 0. The number of hydrogen-bond acceptors (Lipinski definition) is 8. The Balaban J connectivity index is 2.34. The molecule has 0 saturated carbocycles. The summed E-state index contributed by atoms with van der Waals surface area (Å²) in [6.45, 7) is 4.24. The van der Waals surface area contributed by atoms with Crippen molar-refractivity contribution in [3.63, 3.8) is 0 Å². The highest BCUT2D eigenvalue weighted by Gasteiger charge is 2.23. The molecule has 2 bridgehead atoms. The summed E-state index contributed by atoms with van der Waals surface area (Å²) in [5.41, 5.74) is 20.9. The van der Waals surface area contributed by atoms with E-state index in [1.54, 1.807) is 25.3 Å². The van der Waals surface area contributed by atoms with Gasteiger partial charge in [0.25, 0.3) is 0 Å². The van der Waals surface area contributed by atoms with Crippen molar-refractivity contribution in [3.05, 3.63) is 76.5 Å². The van der Waals surface area contributed by atoms with E-state index in [0.717, 1.165) is 0 Å². The zero-order valence-electron chi connectivity index (χ0n) is 17.8. The van der Waals surface area contributed by atoms with E-state index in [2.05, 4.69) is 15.0 Å². The van der Waals surface area contributed by atoms with Gasteiger partial charge in [0.1, 0.15) is 18.0 Å². The molecule has 1 atom stereocenters. The van der Waals surface area contributed by atoms with Crippen molar-refractivity contribution in [2.75, 3.05) is 18.8 Å². The number of ether oxygens (including phenoxy) is 1. The van der Waals surface area contributed by atoms with Gasteiger partial charge in [0.05, 0.1) is 23.5 Å². The fraction of sp³-hybridized carbons (Fsp3) is 0.217. The average Bonchev–Trinajstić information content (AvgIpc) is 2.79. The van der Waals surface area contributed by atoms with E-state index < -0.39 is 11.9 Å². The molecule has 164 valence electrons. The van der Waals surface area contributed by atoms with E-state index in [4.69, 9.17) is 21.9 Å². The molecule has 2 heterocycles. The summed E-state index contributed by atoms with van der Waals surface area (Å²) in [6, 6.07) is 7.94. The van der Waals surface area contributed by atoms with Gasteiger partial charge in [-0.1, -0.05) is 0 Å². The van der Waals surface area contributed by atoms with Crippen LogP contribution in [0.3, 0.4) is 0 Å². The van der Waals surface area contributed by atoms with Crippen LogP contribution in [-0.2, 0) is 0 Å². The number of nitrogens with zero attached hydrogens (tertiary/aromatic N) is 4. The molecule has 0 amide bonds. The molecule has 1 aliphatic heterocycles. The number of hydrogen-bond donors (Lipinski definition) is 3. The van der Waals surface area contributed by atoms with Crippen LogP contribution in [0, 0.1) is 17.1 Å². The Morgan fingerprint density at radius 3 is 2.81 bits per heavy atom. The van der Waals surface area contributed by atoms with Gasteiger partial charge in [-0.3, -0.25) is 9.98 Å². The fourth-order valence-electron chi connectivity index (χ4n) is 3.41. The van der Waals surface area contributed by atoms with Crippen LogP contribution in [0.5, 0.6) is 5.75 Å². The Morgan fingerprint density at radius 2 is 2.16 bits per heavy atom. The number of benzene rings is 1. The minimum absolute atomic E-state index is 0.107. The second kappa shape index (κ2) is 9.75. The van der Waals surface area contributed by atoms with Gasteiger partial charge in [0, 0.05) is 47.4 Å². The Kier molecular flexibility index (Phi) is 6.85. The van der Waals surface area contributed by atoms with Gasteiger partial charge in [0.2, 0.25) is 0 Å². The first-order chi connectivity index (χ1) is 15.4. The van der Waals surface area contributed by atoms with Crippen molar-refractivity contribution in [2.24, 2.45) is 21.5 Å². The number of rotatable bonds is 2. The van der Waals surface area contributed by atoms with Crippen LogP contribution >= 0.6 is 0 Å². The maximum absolute atomic E-state index is 14.2. The Morgan fingerprint density at radius 1 is 1.38 bits per heavy atom. The number of pyridine rings is 1. The first-order valence-electron chi connectivity index (χ1n) is 9.98. The SMILES string of the molecule is CCN=C1C(=CN)CN=C(C(C#N)=CN)c2ccc(F)cc2[C@@H](C)Oc2cc1cnc2N. The molecule has 0 saturated heterocycles. The minimum atomic E-state index is -0.640. The summed E-state index contributed by atoms with van der Waals surface area (Å²) in [6.07, 6.45) is 3.51. The van der Waals surface area contributed by atoms with Gasteiger partial charge in [0.15, 0.2) is 11.6 Å². The third-order valence-electron chi connectivity index (χ3n) is 4.94. The molecule has 0 spiro atoms. The van der Waals surface area contributed by atoms with Crippen molar-refractivity contribution < 1.29 is 9.13 Å². The van der Waals surface area contributed by atoms with Crippen molar-refractivity contribution in [3.8, 4) is 11.8 Å². The Bertz CT molecular complexity index is 1190. The van der Waals surface area contributed by atoms with Crippen LogP contribution in [0.25, 0.3) is 0 Å². The van der Waals surface area contributed by atoms with Crippen molar-refractivity contribution in [2.45, 2.75) is 20.0 Å². The van der Waals surface area contributed by atoms with Gasteiger partial charge in [-0.2, -0.15) is 5.26 Å². The largest absolute Gasteiger partial charge is 0.482 e. The quantitative estimate of drug-likeness (QED) is 0.620. The molecule has 0 unspecified atom stereocenters. The van der Waals surface area contributed by atoms with Crippen LogP contribution in [0.2, 0.25) is 0 Å². The van der Waals surface area contributed by atoms with Gasteiger partial charge in [-0.05, 0) is 38.1 Å². The maximum atomic E-state index is 14.2. The van der Waals surface area contributed by atoms with Crippen LogP contribution in [0.1, 0.15) is 36.6 Å². The molecular formula is C23H24FN7O. The van der Waals surface area contributed by atoms with Crippen LogP contribution in [0.4, 0.5) is 10.2 Å². The highest BCUT2D eigenvalue weighted by molar-refractivity contribution is 6.17. The topological polar surface area (TPSA) is 149 Å². The number of aliphatic imine (C=N–C) groups is 2. The molecule has 6 N–H and O–H groups in total. The summed E-state index contributed by atoms with van der Waals surface area (Å²) in [5, 5.41) is 9.64. The maximum Gasteiger partial charge on any atom is 0.166 e. The molecule has 0 fully saturated rings. The van der Waals surface area contributed by atoms with Gasteiger partial charge < -0.3 is 21.9 Å². The predicted octanol–water partition coefficient (Wildman–Crippen LogP) is 2.76. The molecule has 32 heavy (non-hydrogen) atoms. The van der Waals surface area contributed by atoms with Crippen LogP contribution < -0.4 is 21.9 Å². The normalized spacial score (nSPS) is 19.2. The minimum Gasteiger partial charge on any atom is -0.482 e. The molecule has 8 nitrogen and oxygen atoms in total. The summed E-state index contributed by atoms with van der Waals surface area (Å²) in [5.74, 6) is 0.0400. The summed E-state index contributed by atoms with van der Waals surface area (Å²) < 4.78 is 20.3. The van der Waals surface area contributed by atoms with Crippen molar-refractivity contribution in [1.82, 2.24) is 4.98 Å². The van der Waals surface area contributed by atoms with E-state index in [0.29, 0.717) is 46.0 Å². The Hall–Kier alpha value is -4.19. The molecule has 1 aromatic heterocycles. The number of halogens is 1. The summed E-state index contributed by atoms with van der Waals surface area (Å²) in [4.78, 5) is 13.4. The standard InChI is InChI=1S/C23H24FN7O/c1-3-29-21-14-6-20(23(28)31-11-14)32-13(2)19-7-17(24)4-5-18(19)22(15(8-25)9-26)30-12-16(21)10-27/h4-8,10-11,13H,3,12,25,27H2,1-2H3,(H2,28,31)/t13-/m1/s1. The third kappa shape index (κ3) is 4.44. The summed E-state index contributed by atoms with van der Waals surface area (Å²) in [7, 11) is 0. The smallest absolute Gasteiger partial charge is 0.166 e. The monoisotopic (exact) mass is 433 g/mol. The molecule has 1 aliphatic rings. The lowest BCUT2D eigenvalue weighted by Gasteiger charge is -2.22. The number of fused-ring (bicyclic) bond motifs is 3. The average molecular weight is 433 g/mol. The first-order valence-corrected chi connectivity index (χ1v) is 9.98. The van der Waals surface area contributed by atoms with E-state index >= 15 is 0 Å². The van der Waals surface area contributed by atoms with E-state index in [-0.39, 0.29) is 17.9 Å². The number of aromatic nitrogens is 1. The number of anilines is 1. The number of nitrogens with two attached hydrogens (primary N) is 3. The highest BCUT2D eigenvalue weighted by atomic mass is 19.1. The second-order valence-electron chi connectivity index (χ2n) is 6.97. The number of allylic oxidation sites excluding steroid dienone is 1. The molecule has 9 heteroatoms. The van der Waals surface area contributed by atoms with Crippen LogP contribution in [0.15, 0.2) is 64.0 Å². The number of nitrogen functional groups attached to an aromatic ring is 1. The van der Waals surface area contributed by atoms with Gasteiger partial charge >= 0.3 is 0 Å². The molecule has 0 aliphatic carbocycles. The zero-order chi connectivity index (χ0) is 23.3. The fourth-order valence-corrected chi connectivity index (χ4v) is 3.41. The second-order valence-corrected chi connectivity index (χ2v) is 6.97. The van der Waals surface area contributed by atoms with Crippen LogP contribution in [-0.4, -0.2) is 29.5 Å². The lowest BCUT2D eigenvalue weighted by atomic mass is 9.94. The molecule has 2 aromatic rings. The molecule has 1 aromatic carbocycles.